The molecular formula is C19H23NO4. The van der Waals surface area contributed by atoms with Gasteiger partial charge in [-0.15, -0.1) is 0 Å². The molecule has 5 heteroatoms. The maximum atomic E-state index is 10.2. The van der Waals surface area contributed by atoms with Crippen LogP contribution in [0.2, 0.25) is 0 Å². The molecule has 128 valence electrons. The maximum Gasteiger partial charge on any atom is 0.189 e. The van der Waals surface area contributed by atoms with E-state index in [0.717, 1.165) is 24.2 Å². The standard InChI is InChI=1S/C19H23NO4/c1-2-3-13-23-17(15-22-12-6-11-21)14-20-19-10-9-16-7-4-5-8-18(16)24-19/h4-10,14,19-20H,2-3,12-13,15H2,1H3/b17-14+. The Morgan fingerprint density at radius 2 is 2.29 bits per heavy atom. The average Bonchev–Trinajstić information content (AvgIpc) is 2.62. The molecule has 1 aromatic rings. The normalized spacial score (nSPS) is 15.9. The van der Waals surface area contributed by atoms with Crippen molar-refractivity contribution in [2.45, 2.75) is 26.0 Å². The molecule has 0 aromatic heterocycles. The van der Waals surface area contributed by atoms with Gasteiger partial charge in [0.15, 0.2) is 6.23 Å². The summed E-state index contributed by atoms with van der Waals surface area (Å²) in [4.78, 5) is 10.2. The summed E-state index contributed by atoms with van der Waals surface area (Å²) in [6, 6.07) is 7.86. The minimum atomic E-state index is -0.264. The second-order valence-corrected chi connectivity index (χ2v) is 5.25. The summed E-state index contributed by atoms with van der Waals surface area (Å²) < 4.78 is 16.9. The van der Waals surface area contributed by atoms with Gasteiger partial charge in [0, 0.05) is 17.8 Å². The zero-order chi connectivity index (χ0) is 17.0. The summed E-state index contributed by atoms with van der Waals surface area (Å²) in [5.74, 6) is 3.19. The molecule has 0 radical (unpaired) electrons. The fourth-order valence-corrected chi connectivity index (χ4v) is 2.08. The summed E-state index contributed by atoms with van der Waals surface area (Å²) >= 11 is 0. The first kappa shape index (κ1) is 17.9. The van der Waals surface area contributed by atoms with E-state index in [4.69, 9.17) is 14.2 Å². The molecule has 24 heavy (non-hydrogen) atoms. The topological polar surface area (TPSA) is 56.8 Å². The molecule has 1 aliphatic rings. The Morgan fingerprint density at radius 1 is 1.42 bits per heavy atom. The van der Waals surface area contributed by atoms with Gasteiger partial charge in [0.25, 0.3) is 0 Å². The van der Waals surface area contributed by atoms with Crippen LogP contribution in [0.1, 0.15) is 25.3 Å². The largest absolute Gasteiger partial charge is 0.494 e. The van der Waals surface area contributed by atoms with E-state index in [2.05, 4.69) is 12.2 Å². The van der Waals surface area contributed by atoms with Gasteiger partial charge in [0.2, 0.25) is 0 Å². The molecule has 1 aliphatic heterocycles. The van der Waals surface area contributed by atoms with E-state index in [9.17, 15) is 4.79 Å². The second kappa shape index (κ2) is 10.3. The highest BCUT2D eigenvalue weighted by atomic mass is 16.5. The number of para-hydroxylation sites is 1. The van der Waals surface area contributed by atoms with Crippen molar-refractivity contribution in [3.05, 3.63) is 53.9 Å². The van der Waals surface area contributed by atoms with Gasteiger partial charge in [0.1, 0.15) is 24.1 Å². The summed E-state index contributed by atoms with van der Waals surface area (Å²) in [5, 5.41) is 3.17. The Hall–Kier alpha value is -2.49. The summed E-state index contributed by atoms with van der Waals surface area (Å²) in [5.41, 5.74) is 1.06. The van der Waals surface area contributed by atoms with E-state index in [0.29, 0.717) is 12.4 Å². The highest BCUT2D eigenvalue weighted by Gasteiger charge is 2.12. The zero-order valence-corrected chi connectivity index (χ0v) is 13.9. The van der Waals surface area contributed by atoms with Crippen LogP contribution >= 0.6 is 0 Å². The molecule has 1 aromatic carbocycles. The first-order valence-corrected chi connectivity index (χ1v) is 8.12. The van der Waals surface area contributed by atoms with Crippen LogP contribution in [0.5, 0.6) is 5.75 Å². The third-order valence-corrected chi connectivity index (χ3v) is 3.35. The number of carbonyl (C=O) groups excluding carboxylic acids is 1. The van der Waals surface area contributed by atoms with E-state index >= 15 is 0 Å². The molecule has 0 fully saturated rings. The number of hydrogen-bond donors (Lipinski definition) is 1. The minimum Gasteiger partial charge on any atom is -0.494 e. The predicted octanol–water partition coefficient (Wildman–Crippen LogP) is 3.07. The van der Waals surface area contributed by atoms with Gasteiger partial charge in [-0.05, 0) is 24.6 Å². The lowest BCUT2D eigenvalue weighted by Gasteiger charge is -2.22. The van der Waals surface area contributed by atoms with Crippen LogP contribution in [0.25, 0.3) is 6.08 Å². The van der Waals surface area contributed by atoms with Crippen LogP contribution in [0, 0.1) is 0 Å². The minimum absolute atomic E-state index is 0.213. The van der Waals surface area contributed by atoms with Crippen molar-refractivity contribution < 1.29 is 19.0 Å². The van der Waals surface area contributed by atoms with Crippen molar-refractivity contribution >= 4 is 12.0 Å². The van der Waals surface area contributed by atoms with Crippen molar-refractivity contribution in [1.29, 1.82) is 0 Å². The number of rotatable bonds is 10. The Balaban J connectivity index is 1.89. The van der Waals surface area contributed by atoms with E-state index in [1.54, 1.807) is 12.1 Å². The quantitative estimate of drug-likeness (QED) is 0.406. The molecule has 0 aliphatic carbocycles. The van der Waals surface area contributed by atoms with E-state index in [1.165, 1.54) is 6.08 Å². The van der Waals surface area contributed by atoms with Crippen LogP contribution in [0.4, 0.5) is 0 Å². The van der Waals surface area contributed by atoms with Gasteiger partial charge < -0.3 is 19.5 Å². The molecule has 1 unspecified atom stereocenters. The van der Waals surface area contributed by atoms with Crippen LogP contribution in [-0.2, 0) is 14.3 Å². The highest BCUT2D eigenvalue weighted by molar-refractivity contribution is 5.59. The first-order chi connectivity index (χ1) is 11.8. The lowest BCUT2D eigenvalue weighted by Crippen LogP contribution is -2.30. The number of nitrogens with one attached hydrogen (secondary N) is 1. The second-order valence-electron chi connectivity index (χ2n) is 5.25. The van der Waals surface area contributed by atoms with Crippen LogP contribution in [0.15, 0.2) is 48.4 Å². The molecular weight excluding hydrogens is 306 g/mol. The highest BCUT2D eigenvalue weighted by Crippen LogP contribution is 2.24. The Bertz CT molecular complexity index is 618. The fraction of sp³-hybridized carbons (Fsp3) is 0.368. The number of hydrogen-bond acceptors (Lipinski definition) is 5. The summed E-state index contributed by atoms with van der Waals surface area (Å²) in [6.07, 6.45) is 8.77. The zero-order valence-electron chi connectivity index (χ0n) is 13.9. The summed E-state index contributed by atoms with van der Waals surface area (Å²) in [7, 11) is 0. The molecule has 5 nitrogen and oxygen atoms in total. The molecule has 0 bridgehead atoms. The fourth-order valence-electron chi connectivity index (χ4n) is 2.08. The van der Waals surface area contributed by atoms with E-state index in [-0.39, 0.29) is 19.4 Å². The van der Waals surface area contributed by atoms with Crippen molar-refractivity contribution in [3.63, 3.8) is 0 Å². The average molecular weight is 329 g/mol. The van der Waals surface area contributed by atoms with Gasteiger partial charge >= 0.3 is 0 Å². The summed E-state index contributed by atoms with van der Waals surface area (Å²) in [6.45, 7) is 3.22. The van der Waals surface area contributed by atoms with Gasteiger partial charge in [-0.3, -0.25) is 0 Å². The third-order valence-electron chi connectivity index (χ3n) is 3.35. The number of benzene rings is 1. The van der Waals surface area contributed by atoms with Crippen molar-refractivity contribution in [1.82, 2.24) is 5.32 Å². The number of ether oxygens (including phenoxy) is 3. The Labute approximate surface area is 142 Å². The SMILES string of the molecule is CCCCO/C(=C/NC1C=Cc2ccccc2O1)COCC=C=O. The first-order valence-electron chi connectivity index (χ1n) is 8.12. The monoisotopic (exact) mass is 329 g/mol. The molecule has 1 atom stereocenters. The molecule has 1 heterocycles. The van der Waals surface area contributed by atoms with Crippen LogP contribution < -0.4 is 10.1 Å². The number of fused-ring (bicyclic) bond motifs is 1. The molecule has 0 spiro atoms. The molecule has 2 rings (SSSR count). The van der Waals surface area contributed by atoms with Crippen molar-refractivity contribution in [2.75, 3.05) is 19.8 Å². The van der Waals surface area contributed by atoms with Crippen molar-refractivity contribution in [3.8, 4) is 5.75 Å². The smallest absolute Gasteiger partial charge is 0.189 e. The van der Waals surface area contributed by atoms with Crippen LogP contribution in [-0.4, -0.2) is 32.0 Å². The van der Waals surface area contributed by atoms with Gasteiger partial charge in [0.05, 0.1) is 13.2 Å². The lowest BCUT2D eigenvalue weighted by molar-refractivity contribution is 0.109. The van der Waals surface area contributed by atoms with E-state index < -0.39 is 0 Å². The molecule has 1 N–H and O–H groups in total. The van der Waals surface area contributed by atoms with Crippen LogP contribution in [0.3, 0.4) is 0 Å². The maximum absolute atomic E-state index is 10.2. The van der Waals surface area contributed by atoms with Gasteiger partial charge in [-0.25, -0.2) is 4.79 Å². The Kier molecular flexibility index (Phi) is 7.68. The van der Waals surface area contributed by atoms with Gasteiger partial charge in [-0.2, -0.15) is 0 Å². The predicted molar refractivity (Wildman–Crippen MR) is 93.1 cm³/mol. The number of unbranched alkanes of at least 4 members (excludes halogenated alkanes) is 1. The molecule has 0 amide bonds. The van der Waals surface area contributed by atoms with E-state index in [1.807, 2.05) is 36.4 Å². The third kappa shape index (κ3) is 5.95. The molecule has 0 saturated heterocycles. The Morgan fingerprint density at radius 3 is 3.12 bits per heavy atom. The lowest BCUT2D eigenvalue weighted by atomic mass is 10.1. The van der Waals surface area contributed by atoms with Gasteiger partial charge in [-0.1, -0.05) is 31.5 Å². The van der Waals surface area contributed by atoms with Crippen molar-refractivity contribution in [2.24, 2.45) is 0 Å². The molecule has 0 saturated carbocycles.